The Balaban J connectivity index is 1.86. The van der Waals surface area contributed by atoms with E-state index in [1.807, 2.05) is 49.4 Å². The van der Waals surface area contributed by atoms with Crippen LogP contribution in [-0.2, 0) is 9.53 Å². The second-order valence-corrected chi connectivity index (χ2v) is 6.14. The monoisotopic (exact) mass is 361 g/mol. The highest BCUT2D eigenvalue weighted by Crippen LogP contribution is 2.36. The molecule has 1 aromatic carbocycles. The molecular formula is C20H19N5O2. The number of aromatic nitrogens is 4. The van der Waals surface area contributed by atoms with Crippen molar-refractivity contribution in [3.05, 3.63) is 71.7 Å². The lowest BCUT2D eigenvalue weighted by Crippen LogP contribution is -2.29. The molecular weight excluding hydrogens is 342 g/mol. The van der Waals surface area contributed by atoms with Crippen molar-refractivity contribution >= 4 is 11.9 Å². The number of nitrogens with zero attached hydrogens (tertiary/aromatic N) is 4. The molecule has 3 heterocycles. The van der Waals surface area contributed by atoms with Crippen molar-refractivity contribution in [2.45, 2.75) is 19.9 Å². The first-order chi connectivity index (χ1) is 13.2. The van der Waals surface area contributed by atoms with Crippen molar-refractivity contribution in [2.24, 2.45) is 0 Å². The summed E-state index contributed by atoms with van der Waals surface area (Å²) < 4.78 is 7.03. The van der Waals surface area contributed by atoms with Crippen molar-refractivity contribution in [1.29, 1.82) is 0 Å². The van der Waals surface area contributed by atoms with Crippen LogP contribution in [0.4, 0.5) is 5.95 Å². The van der Waals surface area contributed by atoms with E-state index >= 15 is 0 Å². The maximum atomic E-state index is 12.7. The van der Waals surface area contributed by atoms with Crippen LogP contribution in [0.3, 0.4) is 0 Å². The van der Waals surface area contributed by atoms with Gasteiger partial charge < -0.3 is 10.1 Å². The number of hydrogen-bond donors (Lipinski definition) is 1. The molecule has 7 heteroatoms. The number of fused-ring (bicyclic) bond motifs is 1. The predicted molar refractivity (Wildman–Crippen MR) is 101 cm³/mol. The van der Waals surface area contributed by atoms with Crippen molar-refractivity contribution in [3.8, 4) is 11.4 Å². The summed E-state index contributed by atoms with van der Waals surface area (Å²) in [6.07, 6.45) is 3.40. The van der Waals surface area contributed by atoms with Gasteiger partial charge in [0.15, 0.2) is 5.82 Å². The Kier molecular flexibility index (Phi) is 4.42. The van der Waals surface area contributed by atoms with Crippen molar-refractivity contribution in [2.75, 3.05) is 11.9 Å². The number of hydrogen-bond acceptors (Lipinski definition) is 6. The summed E-state index contributed by atoms with van der Waals surface area (Å²) in [4.78, 5) is 21.4. The van der Waals surface area contributed by atoms with Gasteiger partial charge in [0, 0.05) is 23.7 Å². The van der Waals surface area contributed by atoms with E-state index in [2.05, 4.69) is 20.4 Å². The first-order valence-corrected chi connectivity index (χ1v) is 8.76. The van der Waals surface area contributed by atoms with Gasteiger partial charge in [-0.1, -0.05) is 30.3 Å². The molecule has 136 valence electrons. The number of allylic oxidation sites excluding steroid dienone is 1. The summed E-state index contributed by atoms with van der Waals surface area (Å²) in [6, 6.07) is 13.0. The molecule has 1 atom stereocenters. The fourth-order valence-corrected chi connectivity index (χ4v) is 3.19. The Morgan fingerprint density at radius 3 is 2.63 bits per heavy atom. The van der Waals surface area contributed by atoms with E-state index in [0.29, 0.717) is 29.6 Å². The summed E-state index contributed by atoms with van der Waals surface area (Å²) in [5, 5.41) is 7.88. The lowest BCUT2D eigenvalue weighted by molar-refractivity contribution is -0.139. The standard InChI is InChI=1S/C20H19N5O2/c1-3-27-19(26)16-13(2)22-20-23-18(15-7-5-4-6-8-15)24-25(20)17(16)14-9-11-21-12-10-14/h4-12,17H,3H2,1-2H3,(H,22,23,24). The quantitative estimate of drug-likeness (QED) is 0.719. The minimum Gasteiger partial charge on any atom is -0.463 e. The number of benzene rings is 1. The lowest BCUT2D eigenvalue weighted by Gasteiger charge is -2.27. The van der Waals surface area contributed by atoms with Gasteiger partial charge in [-0.2, -0.15) is 4.98 Å². The van der Waals surface area contributed by atoms with Gasteiger partial charge >= 0.3 is 5.97 Å². The SMILES string of the molecule is CCOC(=O)C1=C(C)Nc2nc(-c3ccccc3)nn2C1c1ccncc1. The van der Waals surface area contributed by atoms with Crippen LogP contribution in [-0.4, -0.2) is 32.3 Å². The third kappa shape index (κ3) is 3.08. The Labute approximate surface area is 156 Å². The Morgan fingerprint density at radius 2 is 1.93 bits per heavy atom. The second kappa shape index (κ2) is 7.03. The number of rotatable bonds is 4. The van der Waals surface area contributed by atoms with E-state index < -0.39 is 6.04 Å². The first kappa shape index (κ1) is 17.0. The zero-order valence-corrected chi connectivity index (χ0v) is 15.1. The minimum absolute atomic E-state index is 0.304. The van der Waals surface area contributed by atoms with Crippen LogP contribution in [0.15, 0.2) is 66.1 Å². The van der Waals surface area contributed by atoms with Gasteiger partial charge in [-0.15, -0.1) is 5.10 Å². The average molecular weight is 361 g/mol. The topological polar surface area (TPSA) is 81.9 Å². The first-order valence-electron chi connectivity index (χ1n) is 8.76. The minimum atomic E-state index is -0.437. The number of anilines is 1. The molecule has 7 nitrogen and oxygen atoms in total. The van der Waals surface area contributed by atoms with Gasteiger partial charge in [0.25, 0.3) is 0 Å². The summed E-state index contributed by atoms with van der Waals surface area (Å²) in [5.74, 6) is 0.808. The van der Waals surface area contributed by atoms with Gasteiger partial charge in [-0.05, 0) is 31.5 Å². The number of esters is 1. The molecule has 0 bridgehead atoms. The number of pyridine rings is 1. The second-order valence-electron chi connectivity index (χ2n) is 6.14. The molecule has 0 aliphatic carbocycles. The highest BCUT2D eigenvalue weighted by molar-refractivity contribution is 5.92. The number of nitrogens with one attached hydrogen (secondary N) is 1. The van der Waals surface area contributed by atoms with Gasteiger partial charge in [-0.25, -0.2) is 9.48 Å². The molecule has 1 aliphatic heterocycles. The highest BCUT2D eigenvalue weighted by atomic mass is 16.5. The van der Waals surface area contributed by atoms with Crippen LogP contribution >= 0.6 is 0 Å². The zero-order valence-electron chi connectivity index (χ0n) is 15.1. The zero-order chi connectivity index (χ0) is 18.8. The van der Waals surface area contributed by atoms with Gasteiger partial charge in [0.1, 0.15) is 6.04 Å². The van der Waals surface area contributed by atoms with E-state index in [-0.39, 0.29) is 5.97 Å². The van der Waals surface area contributed by atoms with Crippen molar-refractivity contribution in [1.82, 2.24) is 19.7 Å². The molecule has 1 N–H and O–H groups in total. The highest BCUT2D eigenvalue weighted by Gasteiger charge is 2.35. The molecule has 0 spiro atoms. The molecule has 2 aromatic heterocycles. The van der Waals surface area contributed by atoms with Crippen LogP contribution in [0, 0.1) is 0 Å². The summed E-state index contributed by atoms with van der Waals surface area (Å²) in [6.45, 7) is 3.94. The molecule has 0 saturated carbocycles. The molecule has 1 unspecified atom stereocenters. The molecule has 0 saturated heterocycles. The van der Waals surface area contributed by atoms with Gasteiger partial charge in [-0.3, -0.25) is 4.98 Å². The maximum absolute atomic E-state index is 12.7. The van der Waals surface area contributed by atoms with E-state index in [1.54, 1.807) is 24.0 Å². The fourth-order valence-electron chi connectivity index (χ4n) is 3.19. The largest absolute Gasteiger partial charge is 0.463 e. The normalized spacial score (nSPS) is 15.9. The van der Waals surface area contributed by atoms with Crippen LogP contribution < -0.4 is 5.32 Å². The molecule has 3 aromatic rings. The molecule has 1 aliphatic rings. The van der Waals surface area contributed by atoms with E-state index in [4.69, 9.17) is 4.74 Å². The lowest BCUT2D eigenvalue weighted by atomic mass is 9.97. The van der Waals surface area contributed by atoms with Crippen molar-refractivity contribution in [3.63, 3.8) is 0 Å². The maximum Gasteiger partial charge on any atom is 0.338 e. The molecule has 27 heavy (non-hydrogen) atoms. The predicted octanol–water partition coefficient (Wildman–Crippen LogP) is 3.19. The average Bonchev–Trinajstić information content (AvgIpc) is 3.12. The Morgan fingerprint density at radius 1 is 1.19 bits per heavy atom. The Bertz CT molecular complexity index is 996. The van der Waals surface area contributed by atoms with Crippen LogP contribution in [0.2, 0.25) is 0 Å². The molecule has 0 fully saturated rings. The van der Waals surface area contributed by atoms with Crippen LogP contribution in [0.5, 0.6) is 0 Å². The summed E-state index contributed by atoms with van der Waals surface area (Å²) in [7, 11) is 0. The smallest absolute Gasteiger partial charge is 0.338 e. The molecule has 0 radical (unpaired) electrons. The summed E-state index contributed by atoms with van der Waals surface area (Å²) in [5.41, 5.74) is 3.01. The van der Waals surface area contributed by atoms with Crippen LogP contribution in [0.1, 0.15) is 25.5 Å². The van der Waals surface area contributed by atoms with Gasteiger partial charge in [0.2, 0.25) is 5.95 Å². The number of ether oxygens (including phenoxy) is 1. The van der Waals surface area contributed by atoms with E-state index in [0.717, 1.165) is 11.1 Å². The number of carbonyl (C=O) groups excluding carboxylic acids is 1. The van der Waals surface area contributed by atoms with Crippen LogP contribution in [0.25, 0.3) is 11.4 Å². The number of carbonyl (C=O) groups is 1. The molecule has 4 rings (SSSR count). The Hall–Kier alpha value is -3.48. The third-order valence-corrected chi connectivity index (χ3v) is 4.40. The van der Waals surface area contributed by atoms with E-state index in [1.165, 1.54) is 0 Å². The van der Waals surface area contributed by atoms with Crippen molar-refractivity contribution < 1.29 is 9.53 Å². The molecule has 0 amide bonds. The van der Waals surface area contributed by atoms with E-state index in [9.17, 15) is 4.79 Å². The fraction of sp³-hybridized carbons (Fsp3) is 0.200. The third-order valence-electron chi connectivity index (χ3n) is 4.40. The van der Waals surface area contributed by atoms with Gasteiger partial charge in [0.05, 0.1) is 12.2 Å². The summed E-state index contributed by atoms with van der Waals surface area (Å²) >= 11 is 0.